The Kier molecular flexibility index (Phi) is 5.86. The van der Waals surface area contributed by atoms with Gasteiger partial charge in [-0.1, -0.05) is 6.07 Å². The van der Waals surface area contributed by atoms with Crippen molar-refractivity contribution in [3.8, 4) is 0 Å². The van der Waals surface area contributed by atoms with Gasteiger partial charge in [-0.2, -0.15) is 0 Å². The third kappa shape index (κ3) is 4.81. The number of amides is 1. The van der Waals surface area contributed by atoms with Gasteiger partial charge >= 0.3 is 0 Å². The Morgan fingerprint density at radius 2 is 2.12 bits per heavy atom. The second kappa shape index (κ2) is 8.29. The van der Waals surface area contributed by atoms with Crippen LogP contribution in [0.25, 0.3) is 6.08 Å². The molecule has 0 radical (unpaired) electrons. The van der Waals surface area contributed by atoms with Crippen molar-refractivity contribution in [3.05, 3.63) is 51.6 Å². The average molecular weight is 439 g/mol. The Balaban J connectivity index is 1.49. The maximum Gasteiger partial charge on any atom is 0.244 e. The predicted octanol–water partition coefficient (Wildman–Crippen LogP) is 2.45. The molecule has 3 rings (SSSR count). The molecule has 24 heavy (non-hydrogen) atoms. The van der Waals surface area contributed by atoms with Crippen LogP contribution in [-0.2, 0) is 16.1 Å². The number of carbonyl (C=O) groups is 1. The third-order valence-electron chi connectivity index (χ3n) is 3.60. The molecule has 0 unspecified atom stereocenters. The van der Waals surface area contributed by atoms with Gasteiger partial charge in [-0.25, -0.2) is 4.98 Å². The number of rotatable bonds is 5. The van der Waals surface area contributed by atoms with Crippen LogP contribution < -0.4 is 10.2 Å². The summed E-state index contributed by atoms with van der Waals surface area (Å²) in [7, 11) is 0. The highest BCUT2D eigenvalue weighted by Gasteiger charge is 2.11. The maximum atomic E-state index is 11.8. The van der Waals surface area contributed by atoms with Crippen molar-refractivity contribution in [1.82, 2.24) is 10.3 Å². The van der Waals surface area contributed by atoms with Crippen LogP contribution in [0.5, 0.6) is 0 Å². The molecule has 1 N–H and O–H groups in total. The number of pyridine rings is 1. The molecule has 1 aliphatic heterocycles. The molecule has 0 aliphatic carbocycles. The first-order valence-electron chi connectivity index (χ1n) is 7.69. The average Bonchev–Trinajstić information content (AvgIpc) is 3.05. The van der Waals surface area contributed by atoms with Crippen molar-refractivity contribution >= 4 is 40.4 Å². The second-order valence-electron chi connectivity index (χ2n) is 5.32. The number of furan rings is 1. The third-order valence-corrected chi connectivity index (χ3v) is 4.18. The Morgan fingerprint density at radius 1 is 1.29 bits per heavy atom. The zero-order valence-electron chi connectivity index (χ0n) is 13.1. The minimum Gasteiger partial charge on any atom is -0.451 e. The molecule has 1 amide bonds. The van der Waals surface area contributed by atoms with Crippen LogP contribution in [-0.4, -0.2) is 37.2 Å². The largest absolute Gasteiger partial charge is 0.451 e. The van der Waals surface area contributed by atoms with Gasteiger partial charge in [0, 0.05) is 31.9 Å². The molecule has 0 saturated carbocycles. The van der Waals surface area contributed by atoms with Crippen molar-refractivity contribution < 1.29 is 13.9 Å². The van der Waals surface area contributed by atoms with Gasteiger partial charge in [0.15, 0.2) is 3.77 Å². The highest BCUT2D eigenvalue weighted by atomic mass is 127. The zero-order valence-corrected chi connectivity index (χ0v) is 15.2. The summed E-state index contributed by atoms with van der Waals surface area (Å²) in [6, 6.07) is 7.63. The lowest BCUT2D eigenvalue weighted by Gasteiger charge is -2.27. The van der Waals surface area contributed by atoms with E-state index in [9.17, 15) is 4.79 Å². The summed E-state index contributed by atoms with van der Waals surface area (Å²) in [6.45, 7) is 3.63. The van der Waals surface area contributed by atoms with E-state index in [0.717, 1.165) is 41.5 Å². The molecule has 2 aromatic rings. The molecule has 0 aromatic carbocycles. The van der Waals surface area contributed by atoms with Crippen LogP contribution in [0, 0.1) is 3.77 Å². The van der Waals surface area contributed by atoms with E-state index in [-0.39, 0.29) is 5.91 Å². The molecule has 0 atom stereocenters. The number of hydrogen-bond donors (Lipinski definition) is 1. The number of carbonyl (C=O) groups excluding carboxylic acids is 1. The van der Waals surface area contributed by atoms with Crippen molar-refractivity contribution in [2.24, 2.45) is 0 Å². The molecule has 0 bridgehead atoms. The van der Waals surface area contributed by atoms with Crippen LogP contribution in [0.2, 0.25) is 0 Å². The SMILES string of the molecule is O=C(/C=C/c1ccc(I)o1)NCc1ccc(N2CCOCC2)nc1. The Morgan fingerprint density at radius 3 is 2.79 bits per heavy atom. The molecule has 7 heteroatoms. The number of aromatic nitrogens is 1. The van der Waals surface area contributed by atoms with Crippen molar-refractivity contribution in [3.63, 3.8) is 0 Å². The van der Waals surface area contributed by atoms with E-state index in [4.69, 9.17) is 9.15 Å². The van der Waals surface area contributed by atoms with Crippen LogP contribution in [0.4, 0.5) is 5.82 Å². The Hall–Kier alpha value is -1.87. The van der Waals surface area contributed by atoms with E-state index in [1.807, 2.05) is 24.3 Å². The number of nitrogens with zero attached hydrogens (tertiary/aromatic N) is 2. The minimum absolute atomic E-state index is 0.168. The van der Waals surface area contributed by atoms with Crippen LogP contribution >= 0.6 is 22.6 Å². The number of morpholine rings is 1. The summed E-state index contributed by atoms with van der Waals surface area (Å²) < 4.78 is 11.5. The lowest BCUT2D eigenvalue weighted by Crippen LogP contribution is -2.36. The lowest BCUT2D eigenvalue weighted by atomic mass is 10.2. The number of halogens is 1. The van der Waals surface area contributed by atoms with Gasteiger partial charge in [0.2, 0.25) is 5.91 Å². The summed E-state index contributed by atoms with van der Waals surface area (Å²) in [4.78, 5) is 18.5. The molecule has 1 saturated heterocycles. The summed E-state index contributed by atoms with van der Waals surface area (Å²) >= 11 is 2.08. The summed E-state index contributed by atoms with van der Waals surface area (Å²) in [5.41, 5.74) is 0.960. The number of anilines is 1. The second-order valence-corrected chi connectivity index (χ2v) is 6.38. The predicted molar refractivity (Wildman–Crippen MR) is 99.6 cm³/mol. The van der Waals surface area contributed by atoms with Gasteiger partial charge in [0.05, 0.1) is 13.2 Å². The topological polar surface area (TPSA) is 67.6 Å². The van der Waals surface area contributed by atoms with E-state index in [0.29, 0.717) is 12.3 Å². The highest BCUT2D eigenvalue weighted by molar-refractivity contribution is 14.1. The molecule has 3 heterocycles. The number of hydrogen-bond acceptors (Lipinski definition) is 5. The fourth-order valence-electron chi connectivity index (χ4n) is 2.32. The summed E-state index contributed by atoms with van der Waals surface area (Å²) in [5, 5.41) is 2.83. The quantitative estimate of drug-likeness (QED) is 0.573. The van der Waals surface area contributed by atoms with Crippen molar-refractivity contribution in [2.75, 3.05) is 31.2 Å². The Bertz CT molecular complexity index is 706. The normalized spacial score (nSPS) is 15.0. The van der Waals surface area contributed by atoms with E-state index in [1.54, 1.807) is 12.3 Å². The molecule has 0 spiro atoms. The van der Waals surface area contributed by atoms with Crippen molar-refractivity contribution in [1.29, 1.82) is 0 Å². The van der Waals surface area contributed by atoms with Crippen LogP contribution in [0.1, 0.15) is 11.3 Å². The van der Waals surface area contributed by atoms with E-state index in [1.165, 1.54) is 6.08 Å². The van der Waals surface area contributed by atoms with Gasteiger partial charge in [0.1, 0.15) is 11.6 Å². The zero-order chi connectivity index (χ0) is 16.8. The van der Waals surface area contributed by atoms with E-state index in [2.05, 4.69) is 37.8 Å². The monoisotopic (exact) mass is 439 g/mol. The number of ether oxygens (including phenoxy) is 1. The van der Waals surface area contributed by atoms with Gasteiger partial charge in [0.25, 0.3) is 0 Å². The molecule has 6 nitrogen and oxygen atoms in total. The molecule has 2 aromatic heterocycles. The van der Waals surface area contributed by atoms with Crippen LogP contribution in [0.3, 0.4) is 0 Å². The first-order chi connectivity index (χ1) is 11.7. The van der Waals surface area contributed by atoms with Gasteiger partial charge in [-0.3, -0.25) is 4.79 Å². The summed E-state index contributed by atoms with van der Waals surface area (Å²) in [5.74, 6) is 1.44. The first kappa shape index (κ1) is 17.0. The fourth-order valence-corrected chi connectivity index (χ4v) is 2.76. The number of nitrogens with one attached hydrogen (secondary N) is 1. The highest BCUT2D eigenvalue weighted by Crippen LogP contribution is 2.13. The Labute approximate surface area is 154 Å². The molecular formula is C17H18IN3O3. The van der Waals surface area contributed by atoms with Crippen LogP contribution in [0.15, 0.2) is 41.0 Å². The van der Waals surface area contributed by atoms with Gasteiger partial charge < -0.3 is 19.4 Å². The van der Waals surface area contributed by atoms with Gasteiger partial charge in [-0.05, 0) is 52.4 Å². The molecule has 1 aliphatic rings. The minimum atomic E-state index is -0.168. The standard InChI is InChI=1S/C17H18IN3O3/c18-15-4-2-14(24-15)3-6-17(22)20-12-13-1-5-16(19-11-13)21-7-9-23-10-8-21/h1-6,11H,7-10,12H2,(H,20,22)/b6-3+. The summed E-state index contributed by atoms with van der Waals surface area (Å²) in [6.07, 6.45) is 4.91. The lowest BCUT2D eigenvalue weighted by molar-refractivity contribution is -0.116. The molecular weight excluding hydrogens is 421 g/mol. The maximum absolute atomic E-state index is 11.8. The van der Waals surface area contributed by atoms with E-state index < -0.39 is 0 Å². The smallest absolute Gasteiger partial charge is 0.244 e. The first-order valence-corrected chi connectivity index (χ1v) is 8.77. The fraction of sp³-hybridized carbons (Fsp3) is 0.294. The van der Waals surface area contributed by atoms with E-state index >= 15 is 0 Å². The molecule has 126 valence electrons. The molecule has 1 fully saturated rings. The van der Waals surface area contributed by atoms with Crippen molar-refractivity contribution in [2.45, 2.75) is 6.54 Å². The van der Waals surface area contributed by atoms with Gasteiger partial charge in [-0.15, -0.1) is 0 Å².